The third-order valence-corrected chi connectivity index (χ3v) is 3.11. The van der Waals surface area contributed by atoms with E-state index in [1.807, 2.05) is 19.1 Å². The summed E-state index contributed by atoms with van der Waals surface area (Å²) in [6.45, 7) is 6.68. The van der Waals surface area contributed by atoms with Crippen molar-refractivity contribution in [3.05, 3.63) is 22.2 Å². The average molecular weight is 302 g/mol. The van der Waals surface area contributed by atoms with Crippen LogP contribution in [0.25, 0.3) is 0 Å². The number of nitrogens with two attached hydrogens (primary N) is 1. The van der Waals surface area contributed by atoms with Gasteiger partial charge in [-0.05, 0) is 52.9 Å². The van der Waals surface area contributed by atoms with Crippen molar-refractivity contribution in [2.45, 2.75) is 33.2 Å². The number of rotatable bonds is 5. The Morgan fingerprint density at radius 2 is 2.06 bits per heavy atom. The van der Waals surface area contributed by atoms with Gasteiger partial charge in [-0.1, -0.05) is 13.8 Å². The Labute approximate surface area is 111 Å². The van der Waals surface area contributed by atoms with E-state index in [4.69, 9.17) is 10.5 Å². The fourth-order valence-corrected chi connectivity index (χ4v) is 2.18. The van der Waals surface area contributed by atoms with Crippen LogP contribution in [0.3, 0.4) is 0 Å². The Kier molecular flexibility index (Phi) is 5.28. The van der Waals surface area contributed by atoms with Crippen LogP contribution in [0.2, 0.25) is 0 Å². The Balaban J connectivity index is 3.00. The van der Waals surface area contributed by atoms with Crippen molar-refractivity contribution in [3.63, 3.8) is 0 Å². The zero-order valence-electron chi connectivity index (χ0n) is 10.5. The van der Waals surface area contributed by atoms with Crippen molar-refractivity contribution in [1.29, 1.82) is 0 Å². The Morgan fingerprint density at radius 3 is 2.59 bits per heavy atom. The molecule has 0 heterocycles. The summed E-state index contributed by atoms with van der Waals surface area (Å²) in [4.78, 5) is 0. The number of halogens is 1. The van der Waals surface area contributed by atoms with Crippen LogP contribution in [0, 0.1) is 5.92 Å². The average Bonchev–Trinajstić information content (AvgIpc) is 2.23. The molecule has 0 amide bonds. The summed E-state index contributed by atoms with van der Waals surface area (Å²) >= 11 is 3.32. The third kappa shape index (κ3) is 3.89. The summed E-state index contributed by atoms with van der Waals surface area (Å²) in [6, 6.07) is 3.63. The Morgan fingerprint density at radius 1 is 1.41 bits per heavy atom. The molecule has 0 aliphatic rings. The maximum absolute atomic E-state index is 9.80. The molecular formula is C13H20BrNO2. The maximum Gasteiger partial charge on any atom is 0.172 e. The highest BCUT2D eigenvalue weighted by Crippen LogP contribution is 2.37. The minimum absolute atomic E-state index is 0.0360. The molecule has 96 valence electrons. The molecule has 0 aliphatic carbocycles. The Bertz CT molecular complexity index is 380. The quantitative estimate of drug-likeness (QED) is 0.873. The molecule has 0 bridgehead atoms. The molecule has 0 unspecified atom stereocenters. The summed E-state index contributed by atoms with van der Waals surface area (Å²) in [5.41, 5.74) is 7.10. The zero-order chi connectivity index (χ0) is 13.0. The lowest BCUT2D eigenvalue weighted by Crippen LogP contribution is -2.13. The van der Waals surface area contributed by atoms with Gasteiger partial charge in [-0.2, -0.15) is 0 Å². The largest absolute Gasteiger partial charge is 0.503 e. The molecule has 3 nitrogen and oxygen atoms in total. The lowest BCUT2D eigenvalue weighted by Gasteiger charge is -2.17. The van der Waals surface area contributed by atoms with Gasteiger partial charge in [-0.3, -0.25) is 0 Å². The van der Waals surface area contributed by atoms with Crippen LogP contribution < -0.4 is 10.5 Å². The first-order chi connectivity index (χ1) is 7.95. The van der Waals surface area contributed by atoms with Crippen molar-refractivity contribution < 1.29 is 9.84 Å². The van der Waals surface area contributed by atoms with Crippen LogP contribution in [0.1, 0.15) is 38.8 Å². The van der Waals surface area contributed by atoms with E-state index in [9.17, 15) is 5.11 Å². The third-order valence-electron chi connectivity index (χ3n) is 2.50. The fraction of sp³-hybridized carbons (Fsp3) is 0.538. The van der Waals surface area contributed by atoms with Gasteiger partial charge in [0.1, 0.15) is 0 Å². The number of phenols is 1. The van der Waals surface area contributed by atoms with Gasteiger partial charge in [0.25, 0.3) is 0 Å². The van der Waals surface area contributed by atoms with Gasteiger partial charge in [0.2, 0.25) is 0 Å². The van der Waals surface area contributed by atoms with Crippen LogP contribution in [-0.4, -0.2) is 11.7 Å². The van der Waals surface area contributed by atoms with Gasteiger partial charge in [0.05, 0.1) is 11.1 Å². The van der Waals surface area contributed by atoms with E-state index in [1.165, 1.54) is 0 Å². The lowest BCUT2D eigenvalue weighted by molar-refractivity contribution is 0.316. The van der Waals surface area contributed by atoms with Crippen LogP contribution in [-0.2, 0) is 0 Å². The molecule has 4 heteroatoms. The van der Waals surface area contributed by atoms with E-state index < -0.39 is 0 Å². The molecule has 0 saturated carbocycles. The van der Waals surface area contributed by atoms with Gasteiger partial charge >= 0.3 is 0 Å². The van der Waals surface area contributed by atoms with Gasteiger partial charge in [0.15, 0.2) is 11.5 Å². The molecule has 17 heavy (non-hydrogen) atoms. The van der Waals surface area contributed by atoms with Crippen molar-refractivity contribution in [2.75, 3.05) is 6.61 Å². The van der Waals surface area contributed by atoms with Crippen molar-refractivity contribution in [3.8, 4) is 11.5 Å². The summed E-state index contributed by atoms with van der Waals surface area (Å²) in [6.07, 6.45) is 0.906. The number of hydrogen-bond donors (Lipinski definition) is 2. The molecule has 0 fully saturated rings. The topological polar surface area (TPSA) is 55.5 Å². The number of benzene rings is 1. The highest BCUT2D eigenvalue weighted by molar-refractivity contribution is 9.10. The number of aromatic hydroxyl groups is 1. The second kappa shape index (κ2) is 6.26. The summed E-state index contributed by atoms with van der Waals surface area (Å²) in [5.74, 6) is 1.15. The molecule has 1 aromatic carbocycles. The molecule has 0 saturated heterocycles. The van der Waals surface area contributed by atoms with Crippen molar-refractivity contribution in [1.82, 2.24) is 0 Å². The van der Waals surface area contributed by atoms with Crippen LogP contribution in [0.4, 0.5) is 0 Å². The minimum atomic E-state index is -0.0360. The lowest BCUT2D eigenvalue weighted by atomic mass is 9.97. The first-order valence-corrected chi connectivity index (χ1v) is 6.65. The van der Waals surface area contributed by atoms with Crippen molar-refractivity contribution in [2.24, 2.45) is 11.7 Å². The summed E-state index contributed by atoms with van der Waals surface area (Å²) in [5, 5.41) is 9.80. The van der Waals surface area contributed by atoms with Gasteiger partial charge in [0, 0.05) is 6.04 Å². The molecule has 1 aromatic rings. The van der Waals surface area contributed by atoms with Crippen molar-refractivity contribution >= 4 is 15.9 Å². The molecule has 0 aromatic heterocycles. The highest BCUT2D eigenvalue weighted by Gasteiger charge is 2.14. The van der Waals surface area contributed by atoms with E-state index in [1.54, 1.807) is 0 Å². The SMILES string of the molecule is CCOc1cc([C@H](N)CC(C)C)cc(Br)c1O. The zero-order valence-corrected chi connectivity index (χ0v) is 12.1. The van der Waals surface area contributed by atoms with E-state index in [0.717, 1.165) is 12.0 Å². The smallest absolute Gasteiger partial charge is 0.172 e. The molecule has 0 spiro atoms. The molecular weight excluding hydrogens is 282 g/mol. The fourth-order valence-electron chi connectivity index (χ4n) is 1.72. The first-order valence-electron chi connectivity index (χ1n) is 5.86. The molecule has 0 aliphatic heterocycles. The van der Waals surface area contributed by atoms with Crippen LogP contribution in [0.5, 0.6) is 11.5 Å². The molecule has 0 radical (unpaired) electrons. The molecule has 3 N–H and O–H groups in total. The highest BCUT2D eigenvalue weighted by atomic mass is 79.9. The Hall–Kier alpha value is -0.740. The summed E-state index contributed by atoms with van der Waals surface area (Å²) in [7, 11) is 0. The number of ether oxygens (including phenoxy) is 1. The number of phenolic OH excluding ortho intramolecular Hbond substituents is 1. The summed E-state index contributed by atoms with van der Waals surface area (Å²) < 4.78 is 6.00. The maximum atomic E-state index is 9.80. The van der Waals surface area contributed by atoms with Crippen LogP contribution >= 0.6 is 15.9 Å². The predicted molar refractivity (Wildman–Crippen MR) is 73.4 cm³/mol. The van der Waals surface area contributed by atoms with Crippen LogP contribution in [0.15, 0.2) is 16.6 Å². The second-order valence-corrected chi connectivity index (χ2v) is 5.37. The van der Waals surface area contributed by atoms with Gasteiger partial charge in [-0.15, -0.1) is 0 Å². The van der Waals surface area contributed by atoms with E-state index in [2.05, 4.69) is 29.8 Å². The van der Waals surface area contributed by atoms with Gasteiger partial charge in [-0.25, -0.2) is 0 Å². The number of hydrogen-bond acceptors (Lipinski definition) is 3. The van der Waals surface area contributed by atoms with E-state index in [-0.39, 0.29) is 11.8 Å². The van der Waals surface area contributed by atoms with E-state index >= 15 is 0 Å². The van der Waals surface area contributed by atoms with E-state index in [0.29, 0.717) is 22.7 Å². The van der Waals surface area contributed by atoms with Gasteiger partial charge < -0.3 is 15.6 Å². The molecule has 1 rings (SSSR count). The second-order valence-electron chi connectivity index (χ2n) is 4.52. The first kappa shape index (κ1) is 14.3. The normalized spacial score (nSPS) is 12.8. The predicted octanol–water partition coefficient (Wildman–Crippen LogP) is 3.60. The minimum Gasteiger partial charge on any atom is -0.503 e. The molecule has 1 atom stereocenters. The monoisotopic (exact) mass is 301 g/mol. The standard InChI is InChI=1S/C13H20BrNO2/c1-4-17-12-7-9(6-10(14)13(12)16)11(15)5-8(2)3/h6-8,11,16H,4-5,15H2,1-3H3/t11-/m1/s1.